The number of non-ortho nitro benzene ring substituents is 1. The molecule has 1 fully saturated rings. The lowest BCUT2D eigenvalue weighted by molar-refractivity contribution is -0.384. The predicted octanol–water partition coefficient (Wildman–Crippen LogP) is 4.40. The number of aliphatic imine (C=N–C) groups is 1. The number of hydrogen-bond donors (Lipinski definition) is 2. The van der Waals surface area contributed by atoms with Gasteiger partial charge in [-0.05, 0) is 24.5 Å². The zero-order valence-electron chi connectivity index (χ0n) is 16.5. The summed E-state index contributed by atoms with van der Waals surface area (Å²) in [7, 11) is 1.67. The van der Waals surface area contributed by atoms with Gasteiger partial charge in [0.1, 0.15) is 5.75 Å². The average molecular weight is 510 g/mol. The van der Waals surface area contributed by atoms with Crippen LogP contribution in [0.25, 0.3) is 0 Å². The summed E-state index contributed by atoms with van der Waals surface area (Å²) in [5, 5.41) is 17.7. The molecule has 3 rings (SSSR count). The summed E-state index contributed by atoms with van der Waals surface area (Å²) in [6.07, 6.45) is 4.76. The van der Waals surface area contributed by atoms with Crippen LogP contribution in [-0.4, -0.2) is 24.0 Å². The van der Waals surface area contributed by atoms with Crippen molar-refractivity contribution >= 4 is 35.6 Å². The number of ether oxygens (including phenoxy) is 1. The summed E-state index contributed by atoms with van der Waals surface area (Å²) in [5.41, 5.74) is 2.07. The standard InChI is InChI=1S/C21H26N4O3.HI/c1-28-20-9-5-2-6-17(20)15-23-21(24-18-7-3-4-8-18)22-14-16-10-12-19(13-11-16)25(26)27;/h2,5-6,9-13,18H,3-4,7-8,14-15H2,1H3,(H2,22,23,24);1H. The highest BCUT2D eigenvalue weighted by atomic mass is 127. The van der Waals surface area contributed by atoms with Crippen LogP contribution in [0.1, 0.15) is 36.8 Å². The lowest BCUT2D eigenvalue weighted by Crippen LogP contribution is -2.42. The zero-order chi connectivity index (χ0) is 19.8. The molecule has 0 amide bonds. The molecular formula is C21H27IN4O3. The van der Waals surface area contributed by atoms with Crippen molar-refractivity contribution in [3.63, 3.8) is 0 Å². The van der Waals surface area contributed by atoms with Gasteiger partial charge >= 0.3 is 0 Å². The molecule has 0 radical (unpaired) electrons. The van der Waals surface area contributed by atoms with E-state index in [4.69, 9.17) is 4.74 Å². The van der Waals surface area contributed by atoms with E-state index in [2.05, 4.69) is 15.6 Å². The molecule has 2 N–H and O–H groups in total. The summed E-state index contributed by atoms with van der Waals surface area (Å²) in [4.78, 5) is 15.1. The average Bonchev–Trinajstić information content (AvgIpc) is 3.23. The van der Waals surface area contributed by atoms with Crippen molar-refractivity contribution in [1.82, 2.24) is 10.6 Å². The van der Waals surface area contributed by atoms with Crippen LogP contribution in [0.5, 0.6) is 5.75 Å². The van der Waals surface area contributed by atoms with Crippen molar-refractivity contribution in [3.8, 4) is 5.75 Å². The molecule has 0 aliphatic heterocycles. The summed E-state index contributed by atoms with van der Waals surface area (Å²) < 4.78 is 5.42. The highest BCUT2D eigenvalue weighted by Gasteiger charge is 2.16. The second-order valence-corrected chi connectivity index (χ2v) is 6.88. The fourth-order valence-electron chi connectivity index (χ4n) is 3.34. The van der Waals surface area contributed by atoms with Crippen LogP contribution < -0.4 is 15.4 Å². The number of rotatable bonds is 7. The van der Waals surface area contributed by atoms with Gasteiger partial charge in [0.25, 0.3) is 5.69 Å². The molecule has 1 aliphatic carbocycles. The van der Waals surface area contributed by atoms with E-state index in [-0.39, 0.29) is 29.7 Å². The van der Waals surface area contributed by atoms with Crippen molar-refractivity contribution in [3.05, 3.63) is 69.8 Å². The molecule has 1 saturated carbocycles. The minimum Gasteiger partial charge on any atom is -0.496 e. The van der Waals surface area contributed by atoms with Gasteiger partial charge in [-0.1, -0.05) is 43.2 Å². The van der Waals surface area contributed by atoms with Gasteiger partial charge in [0, 0.05) is 30.3 Å². The molecule has 0 bridgehead atoms. The second-order valence-electron chi connectivity index (χ2n) is 6.88. The van der Waals surface area contributed by atoms with Crippen molar-refractivity contribution in [1.29, 1.82) is 0 Å². The number of para-hydroxylation sites is 1. The first kappa shape index (κ1) is 22.9. The number of guanidine groups is 1. The molecule has 7 nitrogen and oxygen atoms in total. The maximum absolute atomic E-state index is 10.8. The van der Waals surface area contributed by atoms with E-state index in [0.717, 1.165) is 35.7 Å². The number of halogens is 1. The fraction of sp³-hybridized carbons (Fsp3) is 0.381. The fourth-order valence-corrected chi connectivity index (χ4v) is 3.34. The van der Waals surface area contributed by atoms with Crippen LogP contribution in [0.3, 0.4) is 0 Å². The number of nitrogens with one attached hydrogen (secondary N) is 2. The minimum atomic E-state index is -0.394. The summed E-state index contributed by atoms with van der Waals surface area (Å²) in [6, 6.07) is 14.8. The van der Waals surface area contributed by atoms with E-state index in [0.29, 0.717) is 19.1 Å². The van der Waals surface area contributed by atoms with Crippen LogP contribution in [0.2, 0.25) is 0 Å². The number of nitrogens with zero attached hydrogens (tertiary/aromatic N) is 2. The Morgan fingerprint density at radius 3 is 2.52 bits per heavy atom. The largest absolute Gasteiger partial charge is 0.496 e. The Morgan fingerprint density at radius 1 is 1.17 bits per heavy atom. The molecule has 156 valence electrons. The summed E-state index contributed by atoms with van der Waals surface area (Å²) in [6.45, 7) is 1.05. The third-order valence-corrected chi connectivity index (χ3v) is 4.90. The van der Waals surface area contributed by atoms with Gasteiger partial charge in [-0.25, -0.2) is 4.99 Å². The number of methoxy groups -OCH3 is 1. The van der Waals surface area contributed by atoms with Crippen molar-refractivity contribution in [2.75, 3.05) is 7.11 Å². The van der Waals surface area contributed by atoms with E-state index >= 15 is 0 Å². The molecule has 1 aliphatic rings. The van der Waals surface area contributed by atoms with Crippen LogP contribution in [0.4, 0.5) is 5.69 Å². The van der Waals surface area contributed by atoms with E-state index < -0.39 is 4.92 Å². The van der Waals surface area contributed by atoms with Gasteiger partial charge in [0.15, 0.2) is 5.96 Å². The van der Waals surface area contributed by atoms with Crippen LogP contribution in [-0.2, 0) is 13.1 Å². The molecule has 0 spiro atoms. The SMILES string of the molecule is COc1ccccc1CNC(=NCc1ccc([N+](=O)[O-])cc1)NC1CCCC1.I. The lowest BCUT2D eigenvalue weighted by Gasteiger charge is -2.18. The molecule has 0 saturated heterocycles. The molecule has 0 atom stereocenters. The van der Waals surface area contributed by atoms with Crippen LogP contribution in [0.15, 0.2) is 53.5 Å². The smallest absolute Gasteiger partial charge is 0.269 e. The van der Waals surface area contributed by atoms with Gasteiger partial charge in [-0.15, -0.1) is 24.0 Å². The van der Waals surface area contributed by atoms with Crippen LogP contribution in [0, 0.1) is 10.1 Å². The number of benzene rings is 2. The van der Waals surface area contributed by atoms with Gasteiger partial charge < -0.3 is 15.4 Å². The molecule has 2 aromatic rings. The quantitative estimate of drug-likeness (QED) is 0.190. The van der Waals surface area contributed by atoms with Gasteiger partial charge in [0.2, 0.25) is 0 Å². The highest BCUT2D eigenvalue weighted by molar-refractivity contribution is 14.0. The molecular weight excluding hydrogens is 483 g/mol. The Morgan fingerprint density at radius 2 is 1.86 bits per heavy atom. The Bertz CT molecular complexity index is 821. The number of nitro groups is 1. The Kier molecular flexibility index (Phi) is 9.17. The first-order valence-corrected chi connectivity index (χ1v) is 9.56. The maximum Gasteiger partial charge on any atom is 0.269 e. The predicted molar refractivity (Wildman–Crippen MR) is 125 cm³/mol. The minimum absolute atomic E-state index is 0. The van der Waals surface area contributed by atoms with E-state index in [1.165, 1.54) is 25.0 Å². The lowest BCUT2D eigenvalue weighted by atomic mass is 10.2. The second kappa shape index (κ2) is 11.6. The normalized spacial score (nSPS) is 14.2. The third kappa shape index (κ3) is 6.88. The van der Waals surface area contributed by atoms with E-state index in [1.807, 2.05) is 24.3 Å². The van der Waals surface area contributed by atoms with E-state index in [9.17, 15) is 10.1 Å². The topological polar surface area (TPSA) is 88.8 Å². The molecule has 0 unspecified atom stereocenters. The Hall–Kier alpha value is -2.36. The first-order valence-electron chi connectivity index (χ1n) is 9.56. The summed E-state index contributed by atoms with van der Waals surface area (Å²) in [5.74, 6) is 1.58. The highest BCUT2D eigenvalue weighted by Crippen LogP contribution is 2.19. The third-order valence-electron chi connectivity index (χ3n) is 4.90. The summed E-state index contributed by atoms with van der Waals surface area (Å²) >= 11 is 0. The van der Waals surface area contributed by atoms with Crippen molar-refractivity contribution in [2.24, 2.45) is 4.99 Å². The Labute approximate surface area is 188 Å². The zero-order valence-corrected chi connectivity index (χ0v) is 18.8. The van der Waals surface area contributed by atoms with Gasteiger partial charge in [-0.3, -0.25) is 10.1 Å². The Balaban J connectivity index is 0.00000300. The molecule has 8 heteroatoms. The van der Waals surface area contributed by atoms with E-state index in [1.54, 1.807) is 19.2 Å². The molecule has 0 heterocycles. The number of hydrogen-bond acceptors (Lipinski definition) is 4. The van der Waals surface area contributed by atoms with Gasteiger partial charge in [-0.2, -0.15) is 0 Å². The first-order chi connectivity index (χ1) is 13.7. The van der Waals surface area contributed by atoms with Gasteiger partial charge in [0.05, 0.1) is 18.6 Å². The van der Waals surface area contributed by atoms with Crippen LogP contribution >= 0.6 is 24.0 Å². The maximum atomic E-state index is 10.8. The molecule has 0 aromatic heterocycles. The van der Waals surface area contributed by atoms with Crippen molar-refractivity contribution < 1.29 is 9.66 Å². The monoisotopic (exact) mass is 510 g/mol. The molecule has 29 heavy (non-hydrogen) atoms. The molecule has 2 aromatic carbocycles. The number of nitro benzene ring substituents is 1. The van der Waals surface area contributed by atoms with Crippen molar-refractivity contribution in [2.45, 2.75) is 44.8 Å².